The van der Waals surface area contributed by atoms with Crippen molar-refractivity contribution in [3.63, 3.8) is 0 Å². The van der Waals surface area contributed by atoms with Gasteiger partial charge in [-0.25, -0.2) is 4.99 Å². The van der Waals surface area contributed by atoms with Gasteiger partial charge in [0.15, 0.2) is 10.6 Å². The van der Waals surface area contributed by atoms with Crippen molar-refractivity contribution < 1.29 is 4.79 Å². The summed E-state index contributed by atoms with van der Waals surface area (Å²) in [4.78, 5) is 34.7. The smallest absolute Gasteiger partial charge is 0.272 e. The molecular weight excluding hydrogens is 456 g/mol. The standard InChI is InChI=1S/C28H24N4O2S/c1-2-29-22-12-11-19-15-23(22)30-28-32(16-20-8-3-5-9-21(20)26(19)33)27(34)25(35-28)17-31-14-13-18-7-4-6-10-24(18)31/h3-12,15,17,29H,2,13-14,16H2,1H3/b25-17+,30-28+. The number of benzene rings is 3. The molecule has 6 rings (SSSR count). The van der Waals surface area contributed by atoms with Gasteiger partial charge in [0.05, 0.1) is 17.9 Å². The Morgan fingerprint density at radius 1 is 1.03 bits per heavy atom. The minimum atomic E-state index is -0.0953. The maximum absolute atomic E-state index is 13.7. The molecule has 0 spiro atoms. The van der Waals surface area contributed by atoms with E-state index in [2.05, 4.69) is 22.3 Å². The molecule has 4 aromatic rings. The van der Waals surface area contributed by atoms with Crippen LogP contribution in [0.1, 0.15) is 34.0 Å². The van der Waals surface area contributed by atoms with E-state index >= 15 is 0 Å². The van der Waals surface area contributed by atoms with E-state index in [1.165, 1.54) is 16.9 Å². The lowest BCUT2D eigenvalue weighted by Crippen LogP contribution is -2.33. The molecule has 2 bridgehead atoms. The van der Waals surface area contributed by atoms with Crippen LogP contribution in [0.15, 0.2) is 76.5 Å². The zero-order chi connectivity index (χ0) is 23.9. The monoisotopic (exact) mass is 480 g/mol. The topological polar surface area (TPSA) is 66.7 Å². The van der Waals surface area contributed by atoms with Gasteiger partial charge in [0, 0.05) is 36.1 Å². The first-order valence-electron chi connectivity index (χ1n) is 11.8. The van der Waals surface area contributed by atoms with Gasteiger partial charge >= 0.3 is 0 Å². The Morgan fingerprint density at radius 2 is 1.83 bits per heavy atom. The molecule has 0 atom stereocenters. The molecule has 2 aliphatic heterocycles. The van der Waals surface area contributed by atoms with Gasteiger partial charge in [0.2, 0.25) is 0 Å². The maximum Gasteiger partial charge on any atom is 0.272 e. The molecule has 6 nitrogen and oxygen atoms in total. The van der Waals surface area contributed by atoms with Crippen molar-refractivity contribution in [1.82, 2.24) is 4.57 Å². The summed E-state index contributed by atoms with van der Waals surface area (Å²) in [5.74, 6) is -0.0627. The fourth-order valence-electron chi connectivity index (χ4n) is 4.77. The predicted octanol–water partition coefficient (Wildman–Crippen LogP) is 3.69. The van der Waals surface area contributed by atoms with Crippen LogP contribution in [0.3, 0.4) is 0 Å². The van der Waals surface area contributed by atoms with Gasteiger partial charge in [-0.1, -0.05) is 53.8 Å². The Balaban J connectivity index is 1.59. The molecule has 0 radical (unpaired) electrons. The zero-order valence-electron chi connectivity index (χ0n) is 19.3. The van der Waals surface area contributed by atoms with Crippen molar-refractivity contribution in [1.29, 1.82) is 0 Å². The molecule has 0 aliphatic carbocycles. The third kappa shape index (κ3) is 3.78. The van der Waals surface area contributed by atoms with E-state index in [1.54, 1.807) is 4.57 Å². The number of thiazole rings is 1. The number of carbonyl (C=O) groups is 1. The van der Waals surface area contributed by atoms with Crippen LogP contribution in [0.4, 0.5) is 17.1 Å². The summed E-state index contributed by atoms with van der Waals surface area (Å²) in [6.45, 7) is 3.88. The van der Waals surface area contributed by atoms with E-state index in [4.69, 9.17) is 4.99 Å². The first-order chi connectivity index (χ1) is 17.1. The third-order valence-electron chi connectivity index (χ3n) is 6.52. The fourth-order valence-corrected chi connectivity index (χ4v) is 5.75. The Kier molecular flexibility index (Phi) is 5.34. The van der Waals surface area contributed by atoms with Crippen molar-refractivity contribution in [3.8, 4) is 0 Å². The average Bonchev–Trinajstić information content (AvgIpc) is 3.41. The maximum atomic E-state index is 13.7. The van der Waals surface area contributed by atoms with Crippen molar-refractivity contribution in [2.75, 3.05) is 23.3 Å². The minimum absolute atomic E-state index is 0.0627. The van der Waals surface area contributed by atoms with Crippen LogP contribution >= 0.6 is 11.3 Å². The molecule has 1 N–H and O–H groups in total. The Bertz CT molecular complexity index is 1650. The molecule has 0 saturated carbocycles. The molecular formula is C28H24N4O2S. The summed E-state index contributed by atoms with van der Waals surface area (Å²) < 4.78 is 2.32. The number of ketones is 1. The molecule has 0 fully saturated rings. The number of aromatic nitrogens is 1. The third-order valence-corrected chi connectivity index (χ3v) is 7.51. The van der Waals surface area contributed by atoms with E-state index in [0.717, 1.165) is 36.4 Å². The average molecular weight is 481 g/mol. The molecule has 3 heterocycles. The summed E-state index contributed by atoms with van der Waals surface area (Å²) in [5.41, 5.74) is 5.84. The largest absolute Gasteiger partial charge is 0.384 e. The van der Waals surface area contributed by atoms with Crippen LogP contribution < -0.4 is 25.1 Å². The highest BCUT2D eigenvalue weighted by Gasteiger charge is 2.20. The van der Waals surface area contributed by atoms with Crippen LogP contribution in [0.5, 0.6) is 0 Å². The van der Waals surface area contributed by atoms with Crippen molar-refractivity contribution in [3.05, 3.63) is 109 Å². The summed E-state index contributed by atoms with van der Waals surface area (Å²) in [6.07, 6.45) is 2.91. The first kappa shape index (κ1) is 21.6. The molecule has 7 heteroatoms. The summed E-state index contributed by atoms with van der Waals surface area (Å²) in [6, 6.07) is 21.4. The van der Waals surface area contributed by atoms with Crippen molar-refractivity contribution in [2.45, 2.75) is 19.9 Å². The second-order valence-corrected chi connectivity index (χ2v) is 9.71. The lowest BCUT2D eigenvalue weighted by molar-refractivity contribution is 0.103. The lowest BCUT2D eigenvalue weighted by Gasteiger charge is -2.14. The molecule has 2 aliphatic rings. The molecule has 0 saturated heterocycles. The molecule has 3 aromatic carbocycles. The van der Waals surface area contributed by atoms with E-state index in [0.29, 0.717) is 32.7 Å². The van der Waals surface area contributed by atoms with Gasteiger partial charge in [0.25, 0.3) is 5.56 Å². The summed E-state index contributed by atoms with van der Waals surface area (Å²) in [7, 11) is 0. The quantitative estimate of drug-likeness (QED) is 0.428. The number of carbonyl (C=O) groups excluding carboxylic acids is 1. The van der Waals surface area contributed by atoms with Crippen LogP contribution in [0.2, 0.25) is 0 Å². The summed E-state index contributed by atoms with van der Waals surface area (Å²) in [5, 5.41) is 3.32. The highest BCUT2D eigenvalue weighted by molar-refractivity contribution is 7.07. The van der Waals surface area contributed by atoms with E-state index < -0.39 is 0 Å². The Hall–Kier alpha value is -3.97. The molecule has 1 aromatic heterocycles. The second kappa shape index (κ2) is 8.67. The fraction of sp³-hybridized carbons (Fsp3) is 0.179. The molecule has 0 amide bonds. The van der Waals surface area contributed by atoms with Gasteiger partial charge in [0.1, 0.15) is 4.53 Å². The van der Waals surface area contributed by atoms with E-state index in [-0.39, 0.29) is 11.3 Å². The predicted molar refractivity (Wildman–Crippen MR) is 141 cm³/mol. The van der Waals surface area contributed by atoms with Crippen LogP contribution in [0, 0.1) is 0 Å². The lowest BCUT2D eigenvalue weighted by atomic mass is 9.97. The minimum Gasteiger partial charge on any atom is -0.384 e. The highest BCUT2D eigenvalue weighted by Crippen LogP contribution is 2.29. The van der Waals surface area contributed by atoms with Gasteiger partial charge in [-0.05, 0) is 48.7 Å². The van der Waals surface area contributed by atoms with E-state index in [1.807, 2.05) is 67.7 Å². The first-order valence-corrected chi connectivity index (χ1v) is 12.6. The summed E-state index contributed by atoms with van der Waals surface area (Å²) >= 11 is 1.39. The van der Waals surface area contributed by atoms with Crippen LogP contribution in [-0.4, -0.2) is 23.4 Å². The number of nitrogens with zero attached hydrogens (tertiary/aromatic N) is 3. The normalized spacial score (nSPS) is 15.7. The number of hydrogen-bond donors (Lipinski definition) is 1. The number of para-hydroxylation sites is 1. The van der Waals surface area contributed by atoms with Crippen molar-refractivity contribution >= 4 is 40.4 Å². The molecule has 0 unspecified atom stereocenters. The van der Waals surface area contributed by atoms with Gasteiger partial charge in [-0.15, -0.1) is 0 Å². The van der Waals surface area contributed by atoms with Crippen LogP contribution in [-0.2, 0) is 13.0 Å². The Labute approximate surface area is 206 Å². The van der Waals surface area contributed by atoms with Crippen LogP contribution in [0.25, 0.3) is 6.20 Å². The van der Waals surface area contributed by atoms with Crippen molar-refractivity contribution in [2.24, 2.45) is 4.99 Å². The molecule has 174 valence electrons. The number of nitrogens with one attached hydrogen (secondary N) is 1. The number of hydrogen-bond acceptors (Lipinski definition) is 6. The highest BCUT2D eigenvalue weighted by atomic mass is 32.1. The van der Waals surface area contributed by atoms with Gasteiger partial charge < -0.3 is 10.2 Å². The second-order valence-electron chi connectivity index (χ2n) is 8.70. The number of fused-ring (bicyclic) bond motifs is 5. The Morgan fingerprint density at radius 3 is 2.69 bits per heavy atom. The van der Waals surface area contributed by atoms with Gasteiger partial charge in [-0.2, -0.15) is 0 Å². The molecule has 35 heavy (non-hydrogen) atoms. The van der Waals surface area contributed by atoms with Gasteiger partial charge in [-0.3, -0.25) is 14.2 Å². The number of rotatable bonds is 3. The van der Waals surface area contributed by atoms with E-state index in [9.17, 15) is 9.59 Å². The zero-order valence-corrected chi connectivity index (χ0v) is 20.1. The SMILES string of the molecule is CCNc1ccc2cc1/N=c1/s/c(=C/N3CCc4ccccc43)c(=O)n1Cc1ccccc1C2=O. The number of anilines is 2.